The van der Waals surface area contributed by atoms with Gasteiger partial charge in [-0.2, -0.15) is 0 Å². The van der Waals surface area contributed by atoms with E-state index in [2.05, 4.69) is 5.32 Å². The Bertz CT molecular complexity index is 460. The summed E-state index contributed by atoms with van der Waals surface area (Å²) < 4.78 is 5.42. The van der Waals surface area contributed by atoms with Crippen LogP contribution in [0.4, 0.5) is 0 Å². The maximum Gasteiger partial charge on any atom is 0.323 e. The monoisotopic (exact) mass is 279 g/mol. The number of fused-ring (bicyclic) bond motifs is 1. The number of esters is 1. The molecule has 0 aromatic heterocycles. The van der Waals surface area contributed by atoms with Gasteiger partial charge in [0.05, 0.1) is 0 Å². The molecule has 0 bridgehead atoms. The molecular formula is C15H18ClNO2. The average Bonchev–Trinajstić information content (AvgIpc) is 3.00. The van der Waals surface area contributed by atoms with Crippen molar-refractivity contribution in [3.63, 3.8) is 0 Å². The van der Waals surface area contributed by atoms with Crippen molar-refractivity contribution in [2.24, 2.45) is 11.8 Å². The summed E-state index contributed by atoms with van der Waals surface area (Å²) in [7, 11) is 0. The Labute approximate surface area is 118 Å². The van der Waals surface area contributed by atoms with Crippen LogP contribution in [0.3, 0.4) is 0 Å². The van der Waals surface area contributed by atoms with Gasteiger partial charge in [-0.15, -0.1) is 0 Å². The Kier molecular flexibility index (Phi) is 3.76. The molecule has 1 aromatic rings. The van der Waals surface area contributed by atoms with E-state index in [4.69, 9.17) is 16.3 Å². The molecule has 1 saturated heterocycles. The molecule has 1 aliphatic carbocycles. The van der Waals surface area contributed by atoms with Gasteiger partial charge in [-0.05, 0) is 48.9 Å². The van der Waals surface area contributed by atoms with Crippen molar-refractivity contribution in [3.05, 3.63) is 34.9 Å². The highest BCUT2D eigenvalue weighted by atomic mass is 35.5. The largest absolute Gasteiger partial charge is 0.460 e. The summed E-state index contributed by atoms with van der Waals surface area (Å²) in [5.41, 5.74) is 0.971. The van der Waals surface area contributed by atoms with Gasteiger partial charge in [0.2, 0.25) is 0 Å². The van der Waals surface area contributed by atoms with Gasteiger partial charge in [-0.25, -0.2) is 0 Å². The normalized spacial score (nSPS) is 29.2. The van der Waals surface area contributed by atoms with Crippen LogP contribution in [0.1, 0.15) is 24.8 Å². The van der Waals surface area contributed by atoms with Crippen LogP contribution >= 0.6 is 11.6 Å². The first-order valence-corrected chi connectivity index (χ1v) is 7.26. The number of hydrogen-bond acceptors (Lipinski definition) is 3. The Morgan fingerprint density at radius 3 is 2.89 bits per heavy atom. The van der Waals surface area contributed by atoms with Gasteiger partial charge in [0.15, 0.2) is 0 Å². The number of ether oxygens (including phenoxy) is 1. The Balaban J connectivity index is 1.55. The predicted octanol–water partition coefficient (Wildman–Crippen LogP) is 2.77. The molecule has 1 heterocycles. The van der Waals surface area contributed by atoms with E-state index >= 15 is 0 Å². The molecule has 102 valence electrons. The summed E-state index contributed by atoms with van der Waals surface area (Å²) in [6, 6.07) is 7.29. The minimum atomic E-state index is -0.107. The van der Waals surface area contributed by atoms with Gasteiger partial charge in [0.25, 0.3) is 0 Å². The van der Waals surface area contributed by atoms with E-state index in [1.165, 1.54) is 12.8 Å². The first-order valence-electron chi connectivity index (χ1n) is 6.88. The van der Waals surface area contributed by atoms with Gasteiger partial charge in [0.1, 0.15) is 12.6 Å². The van der Waals surface area contributed by atoms with Gasteiger partial charge < -0.3 is 10.1 Å². The number of benzene rings is 1. The molecule has 1 saturated carbocycles. The number of nitrogens with one attached hydrogen (secondary N) is 1. The highest BCUT2D eigenvalue weighted by Gasteiger charge is 2.43. The zero-order valence-corrected chi connectivity index (χ0v) is 11.5. The van der Waals surface area contributed by atoms with E-state index in [1.807, 2.05) is 24.3 Å². The maximum absolute atomic E-state index is 12.1. The lowest BCUT2D eigenvalue weighted by molar-refractivity contribution is -0.148. The van der Waals surface area contributed by atoms with Crippen LogP contribution < -0.4 is 5.32 Å². The van der Waals surface area contributed by atoms with Crippen LogP contribution in [0, 0.1) is 11.8 Å². The Hall–Kier alpha value is -1.06. The molecule has 19 heavy (non-hydrogen) atoms. The van der Waals surface area contributed by atoms with Crippen LogP contribution in [-0.4, -0.2) is 18.6 Å². The molecule has 3 rings (SSSR count). The molecule has 1 aliphatic heterocycles. The lowest BCUT2D eigenvalue weighted by Crippen LogP contribution is -2.36. The standard InChI is InChI=1S/C15H18ClNO2/c16-12-6-4-10(5-7-12)9-19-15(18)14-13-3-1-2-11(13)8-17-14/h4-7,11,13-14,17H,1-3,8-9H2. The summed E-state index contributed by atoms with van der Waals surface area (Å²) in [5, 5.41) is 4.00. The predicted molar refractivity (Wildman–Crippen MR) is 73.9 cm³/mol. The third kappa shape index (κ3) is 2.77. The second-order valence-corrected chi connectivity index (χ2v) is 5.91. The van der Waals surface area contributed by atoms with Crippen molar-refractivity contribution in [1.82, 2.24) is 5.32 Å². The molecule has 4 heteroatoms. The van der Waals surface area contributed by atoms with Gasteiger partial charge in [-0.3, -0.25) is 4.79 Å². The van der Waals surface area contributed by atoms with Crippen molar-refractivity contribution in [2.75, 3.05) is 6.54 Å². The number of carbonyl (C=O) groups excluding carboxylic acids is 1. The molecule has 1 N–H and O–H groups in total. The van der Waals surface area contributed by atoms with E-state index in [0.717, 1.165) is 18.5 Å². The van der Waals surface area contributed by atoms with Crippen LogP contribution in [0.25, 0.3) is 0 Å². The molecule has 3 unspecified atom stereocenters. The van der Waals surface area contributed by atoms with Crippen molar-refractivity contribution >= 4 is 17.6 Å². The highest BCUT2D eigenvalue weighted by Crippen LogP contribution is 2.38. The van der Waals surface area contributed by atoms with Crippen LogP contribution in [-0.2, 0) is 16.1 Å². The molecule has 2 fully saturated rings. The molecule has 3 atom stereocenters. The smallest absolute Gasteiger partial charge is 0.323 e. The number of carbonyl (C=O) groups is 1. The summed E-state index contributed by atoms with van der Waals surface area (Å²) in [6.07, 6.45) is 3.65. The van der Waals surface area contributed by atoms with Crippen LogP contribution in [0.15, 0.2) is 24.3 Å². The van der Waals surface area contributed by atoms with Gasteiger partial charge in [-0.1, -0.05) is 30.2 Å². The molecule has 1 aromatic carbocycles. The first-order chi connectivity index (χ1) is 9.24. The van der Waals surface area contributed by atoms with Gasteiger partial charge in [0, 0.05) is 5.02 Å². The quantitative estimate of drug-likeness (QED) is 0.865. The van der Waals surface area contributed by atoms with E-state index < -0.39 is 0 Å². The molecule has 0 amide bonds. The zero-order chi connectivity index (χ0) is 13.2. The fraction of sp³-hybridized carbons (Fsp3) is 0.533. The Morgan fingerprint density at radius 2 is 2.11 bits per heavy atom. The number of rotatable bonds is 3. The SMILES string of the molecule is O=C(OCc1ccc(Cl)cc1)C1NCC2CCCC21. The third-order valence-corrected chi connectivity index (χ3v) is 4.55. The second kappa shape index (κ2) is 5.51. The summed E-state index contributed by atoms with van der Waals surface area (Å²) in [5.74, 6) is 1.05. The minimum Gasteiger partial charge on any atom is -0.460 e. The van der Waals surface area contributed by atoms with E-state index in [0.29, 0.717) is 23.5 Å². The summed E-state index contributed by atoms with van der Waals surface area (Å²) in [6.45, 7) is 1.29. The number of halogens is 1. The second-order valence-electron chi connectivity index (χ2n) is 5.47. The first kappa shape index (κ1) is 12.9. The van der Waals surface area contributed by atoms with Crippen molar-refractivity contribution in [2.45, 2.75) is 31.9 Å². The van der Waals surface area contributed by atoms with Crippen molar-refractivity contribution in [1.29, 1.82) is 0 Å². The van der Waals surface area contributed by atoms with E-state index in [9.17, 15) is 4.79 Å². The average molecular weight is 280 g/mol. The minimum absolute atomic E-state index is 0.0974. The molecule has 2 aliphatic rings. The topological polar surface area (TPSA) is 38.3 Å². The van der Waals surface area contributed by atoms with Crippen molar-refractivity contribution in [3.8, 4) is 0 Å². The lowest BCUT2D eigenvalue weighted by Gasteiger charge is -2.16. The number of hydrogen-bond donors (Lipinski definition) is 1. The van der Waals surface area contributed by atoms with E-state index in [1.54, 1.807) is 0 Å². The van der Waals surface area contributed by atoms with E-state index in [-0.39, 0.29) is 12.0 Å². The van der Waals surface area contributed by atoms with Crippen LogP contribution in [0.5, 0.6) is 0 Å². The summed E-state index contributed by atoms with van der Waals surface area (Å²) >= 11 is 5.82. The highest BCUT2D eigenvalue weighted by molar-refractivity contribution is 6.30. The zero-order valence-electron chi connectivity index (χ0n) is 10.8. The molecule has 0 radical (unpaired) electrons. The molecule has 3 nitrogen and oxygen atoms in total. The lowest BCUT2D eigenvalue weighted by atomic mass is 9.94. The van der Waals surface area contributed by atoms with Gasteiger partial charge >= 0.3 is 5.97 Å². The van der Waals surface area contributed by atoms with Crippen molar-refractivity contribution < 1.29 is 9.53 Å². The molecule has 0 spiro atoms. The Morgan fingerprint density at radius 1 is 1.32 bits per heavy atom. The fourth-order valence-corrected chi connectivity index (χ4v) is 3.40. The maximum atomic E-state index is 12.1. The fourth-order valence-electron chi connectivity index (χ4n) is 3.27. The van der Waals surface area contributed by atoms with Crippen LogP contribution in [0.2, 0.25) is 5.02 Å². The summed E-state index contributed by atoms with van der Waals surface area (Å²) in [4.78, 5) is 12.1. The molecular weight excluding hydrogens is 262 g/mol. The third-order valence-electron chi connectivity index (χ3n) is 4.29.